The molecule has 0 aliphatic rings. The third-order valence-corrected chi connectivity index (χ3v) is 3.60. The molecule has 0 radical (unpaired) electrons. The molecule has 124 valence electrons. The van der Waals surface area contributed by atoms with E-state index < -0.39 is 4.92 Å². The van der Waals surface area contributed by atoms with Crippen molar-refractivity contribution in [1.82, 2.24) is 9.78 Å². The van der Waals surface area contributed by atoms with Crippen molar-refractivity contribution in [2.45, 2.75) is 33.4 Å². The number of phenols is 1. The van der Waals surface area contributed by atoms with Crippen molar-refractivity contribution in [3.8, 4) is 5.75 Å². The molecule has 0 atom stereocenters. The van der Waals surface area contributed by atoms with E-state index in [1.54, 1.807) is 23.7 Å². The first-order valence-corrected chi connectivity index (χ1v) is 7.35. The summed E-state index contributed by atoms with van der Waals surface area (Å²) in [5.41, 5.74) is 1.75. The summed E-state index contributed by atoms with van der Waals surface area (Å²) in [4.78, 5) is 10.8. The van der Waals surface area contributed by atoms with E-state index in [0.29, 0.717) is 36.6 Å². The fourth-order valence-corrected chi connectivity index (χ4v) is 2.44. The number of aryl methyl sites for hydroxylation is 2. The number of nitrogens with zero attached hydrogens (tertiary/aromatic N) is 3. The number of anilines is 1. The van der Waals surface area contributed by atoms with Gasteiger partial charge in [-0.05, 0) is 38.0 Å². The molecule has 0 aliphatic carbocycles. The van der Waals surface area contributed by atoms with Gasteiger partial charge in [0.2, 0.25) is 5.82 Å². The van der Waals surface area contributed by atoms with Crippen LogP contribution in [0.25, 0.3) is 0 Å². The summed E-state index contributed by atoms with van der Waals surface area (Å²) < 4.78 is 1.57. The first kappa shape index (κ1) is 16.8. The van der Waals surface area contributed by atoms with Gasteiger partial charge in [-0.25, -0.2) is 4.68 Å². The van der Waals surface area contributed by atoms with Gasteiger partial charge in [0.15, 0.2) is 0 Å². The standard InChI is InChI=1S/C15H20N4O4/c1-3-18-15(14(19(22)23)10(2)17-18)16-7-6-11-4-5-13(21)12(8-11)9-20/h4-5,8,16,20-21H,3,6-7,9H2,1-2H3. The van der Waals surface area contributed by atoms with Crippen molar-refractivity contribution in [3.63, 3.8) is 0 Å². The molecule has 1 aromatic heterocycles. The summed E-state index contributed by atoms with van der Waals surface area (Å²) >= 11 is 0. The Morgan fingerprint density at radius 3 is 2.78 bits per heavy atom. The molecule has 0 aliphatic heterocycles. The van der Waals surface area contributed by atoms with E-state index in [2.05, 4.69) is 10.4 Å². The first-order chi connectivity index (χ1) is 11.0. The van der Waals surface area contributed by atoms with Gasteiger partial charge in [-0.2, -0.15) is 5.10 Å². The number of nitro groups is 1. The third-order valence-electron chi connectivity index (χ3n) is 3.60. The molecule has 2 aromatic rings. The maximum atomic E-state index is 11.2. The molecule has 2 rings (SSSR count). The van der Waals surface area contributed by atoms with Crippen LogP contribution < -0.4 is 5.32 Å². The summed E-state index contributed by atoms with van der Waals surface area (Å²) in [7, 11) is 0. The second kappa shape index (κ2) is 7.10. The molecule has 1 heterocycles. The average molecular weight is 320 g/mol. The first-order valence-electron chi connectivity index (χ1n) is 7.35. The number of aliphatic hydroxyl groups is 1. The molecule has 0 unspecified atom stereocenters. The van der Waals surface area contributed by atoms with Crippen LogP contribution in [0.1, 0.15) is 23.7 Å². The van der Waals surface area contributed by atoms with Gasteiger partial charge in [-0.15, -0.1) is 0 Å². The maximum Gasteiger partial charge on any atom is 0.333 e. The summed E-state index contributed by atoms with van der Waals surface area (Å²) in [6.45, 7) is 4.25. The van der Waals surface area contributed by atoms with Crippen molar-refractivity contribution in [1.29, 1.82) is 0 Å². The predicted octanol–water partition coefficient (Wildman–Crippen LogP) is 1.97. The van der Waals surface area contributed by atoms with E-state index in [9.17, 15) is 15.2 Å². The molecular weight excluding hydrogens is 300 g/mol. The lowest BCUT2D eigenvalue weighted by Gasteiger charge is -2.09. The van der Waals surface area contributed by atoms with Crippen LogP contribution in [0.5, 0.6) is 5.75 Å². The molecule has 0 amide bonds. The Balaban J connectivity index is 2.11. The van der Waals surface area contributed by atoms with E-state index in [1.165, 1.54) is 6.07 Å². The van der Waals surface area contributed by atoms with Gasteiger partial charge in [-0.1, -0.05) is 6.07 Å². The SMILES string of the molecule is CCn1nc(C)c([N+](=O)[O-])c1NCCc1ccc(O)c(CO)c1. The topological polar surface area (TPSA) is 113 Å². The number of aromatic nitrogens is 2. The minimum atomic E-state index is -0.429. The van der Waals surface area contributed by atoms with Gasteiger partial charge in [0.05, 0.1) is 11.5 Å². The van der Waals surface area contributed by atoms with Crippen LogP contribution in [0, 0.1) is 17.0 Å². The van der Waals surface area contributed by atoms with Crippen LogP contribution in [-0.2, 0) is 19.6 Å². The van der Waals surface area contributed by atoms with Crippen LogP contribution in [0.4, 0.5) is 11.5 Å². The van der Waals surface area contributed by atoms with Crippen molar-refractivity contribution in [2.75, 3.05) is 11.9 Å². The highest BCUT2D eigenvalue weighted by atomic mass is 16.6. The van der Waals surface area contributed by atoms with Gasteiger partial charge >= 0.3 is 5.69 Å². The van der Waals surface area contributed by atoms with Crippen molar-refractivity contribution >= 4 is 11.5 Å². The van der Waals surface area contributed by atoms with Crippen LogP contribution in [-0.4, -0.2) is 31.5 Å². The molecular formula is C15H20N4O4. The lowest BCUT2D eigenvalue weighted by molar-refractivity contribution is -0.384. The number of aliphatic hydroxyl groups excluding tert-OH is 1. The lowest BCUT2D eigenvalue weighted by atomic mass is 10.1. The number of rotatable bonds is 7. The number of nitrogens with one attached hydrogen (secondary N) is 1. The summed E-state index contributed by atoms with van der Waals surface area (Å²) in [6, 6.07) is 5.00. The molecule has 8 heteroatoms. The predicted molar refractivity (Wildman–Crippen MR) is 85.5 cm³/mol. The van der Waals surface area contributed by atoms with Gasteiger partial charge < -0.3 is 15.5 Å². The molecule has 0 saturated carbocycles. The zero-order chi connectivity index (χ0) is 17.0. The van der Waals surface area contributed by atoms with Crippen molar-refractivity contribution < 1.29 is 15.1 Å². The fraction of sp³-hybridized carbons (Fsp3) is 0.400. The van der Waals surface area contributed by atoms with Gasteiger partial charge in [-0.3, -0.25) is 10.1 Å². The van der Waals surface area contributed by atoms with Crippen LogP contribution in [0.3, 0.4) is 0 Å². The molecule has 1 aromatic carbocycles. The molecule has 0 spiro atoms. The Hall–Kier alpha value is -2.61. The normalized spacial score (nSPS) is 10.7. The number of hydrogen-bond acceptors (Lipinski definition) is 6. The number of benzene rings is 1. The van der Waals surface area contributed by atoms with Gasteiger partial charge in [0.25, 0.3) is 0 Å². The van der Waals surface area contributed by atoms with Crippen molar-refractivity contribution in [2.24, 2.45) is 0 Å². The van der Waals surface area contributed by atoms with Gasteiger partial charge in [0, 0.05) is 18.7 Å². The molecule has 0 bridgehead atoms. The van der Waals surface area contributed by atoms with E-state index in [-0.39, 0.29) is 18.0 Å². The summed E-state index contributed by atoms with van der Waals surface area (Å²) in [5.74, 6) is 0.454. The maximum absolute atomic E-state index is 11.2. The Kier molecular flexibility index (Phi) is 5.17. The third kappa shape index (κ3) is 3.59. The fourth-order valence-electron chi connectivity index (χ4n) is 2.44. The molecule has 23 heavy (non-hydrogen) atoms. The highest BCUT2D eigenvalue weighted by Gasteiger charge is 2.24. The smallest absolute Gasteiger partial charge is 0.333 e. The highest BCUT2D eigenvalue weighted by molar-refractivity contribution is 5.59. The van der Waals surface area contributed by atoms with Gasteiger partial charge in [0.1, 0.15) is 11.4 Å². The summed E-state index contributed by atoms with van der Waals surface area (Å²) in [6.07, 6.45) is 0.596. The van der Waals surface area contributed by atoms with Crippen LogP contribution >= 0.6 is 0 Å². The summed E-state index contributed by atoms with van der Waals surface area (Å²) in [5, 5.41) is 37.1. The van der Waals surface area contributed by atoms with E-state index >= 15 is 0 Å². The monoisotopic (exact) mass is 320 g/mol. The minimum absolute atomic E-state index is 0.00592. The number of hydrogen-bond donors (Lipinski definition) is 3. The van der Waals surface area contributed by atoms with E-state index in [1.807, 2.05) is 6.92 Å². The Labute approximate surface area is 133 Å². The average Bonchev–Trinajstić information content (AvgIpc) is 2.84. The van der Waals surface area contributed by atoms with Crippen LogP contribution in [0.2, 0.25) is 0 Å². The highest BCUT2D eigenvalue weighted by Crippen LogP contribution is 2.28. The molecule has 3 N–H and O–H groups in total. The Morgan fingerprint density at radius 2 is 2.17 bits per heavy atom. The van der Waals surface area contributed by atoms with E-state index in [0.717, 1.165) is 5.56 Å². The number of aromatic hydroxyl groups is 1. The van der Waals surface area contributed by atoms with E-state index in [4.69, 9.17) is 5.11 Å². The Morgan fingerprint density at radius 1 is 1.43 bits per heavy atom. The molecule has 0 saturated heterocycles. The van der Waals surface area contributed by atoms with Crippen molar-refractivity contribution in [3.05, 3.63) is 45.1 Å². The quantitative estimate of drug-likeness (QED) is 0.531. The lowest BCUT2D eigenvalue weighted by Crippen LogP contribution is -2.11. The molecule has 8 nitrogen and oxygen atoms in total. The molecule has 0 fully saturated rings. The second-order valence-corrected chi connectivity index (χ2v) is 5.15. The second-order valence-electron chi connectivity index (χ2n) is 5.15. The largest absolute Gasteiger partial charge is 0.508 e. The zero-order valence-corrected chi connectivity index (χ0v) is 13.1. The minimum Gasteiger partial charge on any atom is -0.508 e. The van der Waals surface area contributed by atoms with Crippen LogP contribution in [0.15, 0.2) is 18.2 Å². The zero-order valence-electron chi connectivity index (χ0n) is 13.1. The Bertz CT molecular complexity index is 712.